The molecular weight excluding hydrogens is 653 g/mol. The molecule has 0 aromatic heterocycles. The van der Waals surface area contributed by atoms with Gasteiger partial charge in [0.1, 0.15) is 24.2 Å². The summed E-state index contributed by atoms with van der Waals surface area (Å²) >= 11 is 6.07. The van der Waals surface area contributed by atoms with Crippen LogP contribution in [-0.2, 0) is 32.6 Å². The first-order valence-corrected chi connectivity index (χ1v) is 17.8. The van der Waals surface area contributed by atoms with E-state index in [9.17, 15) is 22.4 Å². The van der Waals surface area contributed by atoms with Crippen molar-refractivity contribution in [2.45, 2.75) is 62.6 Å². The Bertz CT molecular complexity index is 1770. The van der Waals surface area contributed by atoms with Crippen LogP contribution in [0.4, 0.5) is 10.1 Å². The van der Waals surface area contributed by atoms with Crippen molar-refractivity contribution in [1.82, 2.24) is 10.2 Å². The first kappa shape index (κ1) is 34.9. The number of nitrogens with zero attached hydrogens (tertiary/aromatic N) is 2. The van der Waals surface area contributed by atoms with Gasteiger partial charge in [-0.3, -0.25) is 13.9 Å². The van der Waals surface area contributed by atoms with E-state index in [-0.39, 0.29) is 35.5 Å². The van der Waals surface area contributed by atoms with Crippen molar-refractivity contribution >= 4 is 39.1 Å². The van der Waals surface area contributed by atoms with E-state index in [0.29, 0.717) is 22.9 Å². The van der Waals surface area contributed by atoms with E-state index in [1.165, 1.54) is 41.3 Å². The quantitative estimate of drug-likeness (QED) is 0.158. The van der Waals surface area contributed by atoms with Crippen molar-refractivity contribution in [2.24, 2.45) is 0 Å². The van der Waals surface area contributed by atoms with Gasteiger partial charge in [-0.25, -0.2) is 12.8 Å². The van der Waals surface area contributed by atoms with Crippen LogP contribution >= 0.6 is 11.6 Å². The van der Waals surface area contributed by atoms with E-state index >= 15 is 0 Å². The smallest absolute Gasteiger partial charge is 0.264 e. The summed E-state index contributed by atoms with van der Waals surface area (Å²) < 4.78 is 48.9. The Hall–Kier alpha value is -4.41. The van der Waals surface area contributed by atoms with Gasteiger partial charge in [-0.1, -0.05) is 66.9 Å². The highest BCUT2D eigenvalue weighted by Crippen LogP contribution is 2.28. The van der Waals surface area contributed by atoms with Gasteiger partial charge in [0.05, 0.1) is 17.2 Å². The second kappa shape index (κ2) is 16.1. The lowest BCUT2D eigenvalue weighted by atomic mass is 10.0. The van der Waals surface area contributed by atoms with Crippen LogP contribution < -0.4 is 14.4 Å². The Labute approximate surface area is 286 Å². The molecule has 0 unspecified atom stereocenters. The highest BCUT2D eigenvalue weighted by atomic mass is 35.5. The van der Waals surface area contributed by atoms with E-state index in [0.717, 1.165) is 35.6 Å². The maximum absolute atomic E-state index is 14.6. The Morgan fingerprint density at radius 3 is 2.17 bits per heavy atom. The predicted molar refractivity (Wildman–Crippen MR) is 185 cm³/mol. The number of sulfonamides is 1. The van der Waals surface area contributed by atoms with Crippen LogP contribution in [0.25, 0.3) is 0 Å². The number of anilines is 1. The molecule has 0 radical (unpaired) electrons. The average Bonchev–Trinajstić information content (AvgIpc) is 3.60. The Balaban J connectivity index is 1.56. The number of hydrogen-bond acceptors (Lipinski definition) is 5. The molecule has 2 amide bonds. The summed E-state index contributed by atoms with van der Waals surface area (Å²) in [6.07, 6.45) is 3.90. The molecule has 252 valence electrons. The highest BCUT2D eigenvalue weighted by molar-refractivity contribution is 7.92. The third-order valence-electron chi connectivity index (χ3n) is 8.36. The first-order valence-electron chi connectivity index (χ1n) is 16.0. The first-order chi connectivity index (χ1) is 23.1. The number of ether oxygens (including phenoxy) is 1. The lowest BCUT2D eigenvalue weighted by molar-refractivity contribution is -0.140. The number of carbonyl (C=O) groups excluding carboxylic acids is 2. The molecule has 48 heavy (non-hydrogen) atoms. The Morgan fingerprint density at radius 1 is 0.896 bits per heavy atom. The van der Waals surface area contributed by atoms with Gasteiger partial charge in [-0.2, -0.15) is 0 Å². The summed E-state index contributed by atoms with van der Waals surface area (Å²) in [6, 6.07) is 26.2. The van der Waals surface area contributed by atoms with E-state index in [4.69, 9.17) is 16.3 Å². The van der Waals surface area contributed by atoms with Crippen LogP contribution in [0.2, 0.25) is 5.02 Å². The largest absolute Gasteiger partial charge is 0.494 e. The van der Waals surface area contributed by atoms with Crippen molar-refractivity contribution in [3.63, 3.8) is 0 Å². The molecule has 0 spiro atoms. The fourth-order valence-corrected chi connectivity index (χ4v) is 7.39. The SMILES string of the molecule is CCOc1ccc(N(CC(=O)N(Cc2ccc(F)cc2)[C@H](Cc2ccccc2)C(=O)NC2CCCC2)S(=O)(=O)c2ccc(Cl)cc2)cc1. The van der Waals surface area contributed by atoms with Crippen LogP contribution in [0.5, 0.6) is 5.75 Å². The molecule has 11 heteroatoms. The van der Waals surface area contributed by atoms with Crippen molar-refractivity contribution < 1.29 is 27.1 Å². The van der Waals surface area contributed by atoms with E-state index < -0.39 is 34.3 Å². The molecule has 1 N–H and O–H groups in total. The molecule has 0 bridgehead atoms. The zero-order chi connectivity index (χ0) is 34.1. The van der Waals surface area contributed by atoms with Gasteiger partial charge >= 0.3 is 0 Å². The number of halogens is 2. The second-order valence-electron chi connectivity index (χ2n) is 11.7. The molecule has 1 aliphatic carbocycles. The molecule has 4 aromatic rings. The number of rotatable bonds is 14. The molecular formula is C37H39ClFN3O5S. The summed E-state index contributed by atoms with van der Waals surface area (Å²) in [7, 11) is -4.29. The molecule has 5 rings (SSSR count). The Kier molecular flexibility index (Phi) is 11.7. The number of carbonyl (C=O) groups is 2. The van der Waals surface area contributed by atoms with Gasteiger partial charge in [0.15, 0.2) is 0 Å². The van der Waals surface area contributed by atoms with Gasteiger partial charge in [0, 0.05) is 24.0 Å². The molecule has 1 fully saturated rings. The number of nitrogens with one attached hydrogen (secondary N) is 1. The second-order valence-corrected chi connectivity index (χ2v) is 14.0. The number of hydrogen-bond donors (Lipinski definition) is 1. The molecule has 1 aliphatic rings. The third-order valence-corrected chi connectivity index (χ3v) is 10.4. The lowest BCUT2D eigenvalue weighted by Crippen LogP contribution is -2.54. The minimum absolute atomic E-state index is 0.0100. The maximum atomic E-state index is 14.6. The minimum Gasteiger partial charge on any atom is -0.494 e. The van der Waals surface area contributed by atoms with E-state index in [2.05, 4.69) is 5.32 Å². The van der Waals surface area contributed by atoms with Gasteiger partial charge in [0.25, 0.3) is 10.0 Å². The lowest BCUT2D eigenvalue weighted by Gasteiger charge is -2.34. The van der Waals surface area contributed by atoms with Crippen LogP contribution in [-0.4, -0.2) is 50.4 Å². The van der Waals surface area contributed by atoms with Crippen LogP contribution in [0.15, 0.2) is 108 Å². The third kappa shape index (κ3) is 8.93. The number of amides is 2. The summed E-state index contributed by atoms with van der Waals surface area (Å²) in [5.41, 5.74) is 1.65. The fraction of sp³-hybridized carbons (Fsp3) is 0.297. The van der Waals surface area contributed by atoms with Crippen LogP contribution in [0.3, 0.4) is 0 Å². The monoisotopic (exact) mass is 691 g/mol. The normalized spacial score (nSPS) is 13.9. The maximum Gasteiger partial charge on any atom is 0.264 e. The fourth-order valence-electron chi connectivity index (χ4n) is 5.85. The summed E-state index contributed by atoms with van der Waals surface area (Å²) in [4.78, 5) is 30.0. The molecule has 1 saturated carbocycles. The van der Waals surface area contributed by atoms with Gasteiger partial charge in [-0.05, 0) is 91.6 Å². The van der Waals surface area contributed by atoms with Crippen LogP contribution in [0.1, 0.15) is 43.7 Å². The highest BCUT2D eigenvalue weighted by Gasteiger charge is 2.35. The van der Waals surface area contributed by atoms with Gasteiger partial charge in [-0.15, -0.1) is 0 Å². The average molecular weight is 692 g/mol. The van der Waals surface area contributed by atoms with E-state index in [1.54, 1.807) is 36.4 Å². The standard InChI is InChI=1S/C37H39ClFN3O5S/c1-2-47-33-20-18-32(19-21-33)42(48(45,46)34-22-14-29(38)15-23-34)26-36(43)41(25-28-12-16-30(39)17-13-28)35(24-27-8-4-3-5-9-27)37(44)40-31-10-6-7-11-31/h3-5,8-9,12-23,31,35H,2,6-7,10-11,24-26H2,1H3,(H,40,44)/t35-/m1/s1. The predicted octanol–water partition coefficient (Wildman–Crippen LogP) is 6.77. The molecule has 4 aromatic carbocycles. The topological polar surface area (TPSA) is 96.0 Å². The Morgan fingerprint density at radius 2 is 1.54 bits per heavy atom. The molecule has 0 heterocycles. The number of benzene rings is 4. The zero-order valence-electron chi connectivity index (χ0n) is 26.7. The zero-order valence-corrected chi connectivity index (χ0v) is 28.3. The minimum atomic E-state index is -4.29. The van der Waals surface area contributed by atoms with Crippen molar-refractivity contribution in [1.29, 1.82) is 0 Å². The van der Waals surface area contributed by atoms with Crippen LogP contribution in [0, 0.1) is 5.82 Å². The van der Waals surface area contributed by atoms with E-state index in [1.807, 2.05) is 37.3 Å². The molecule has 1 atom stereocenters. The van der Waals surface area contributed by atoms with Gasteiger partial charge < -0.3 is 15.0 Å². The van der Waals surface area contributed by atoms with Crippen molar-refractivity contribution in [3.8, 4) is 5.75 Å². The van der Waals surface area contributed by atoms with Crippen molar-refractivity contribution in [3.05, 3.63) is 125 Å². The van der Waals surface area contributed by atoms with Gasteiger partial charge in [0.2, 0.25) is 11.8 Å². The molecule has 0 aliphatic heterocycles. The summed E-state index contributed by atoms with van der Waals surface area (Å²) in [5.74, 6) is -0.823. The van der Waals surface area contributed by atoms with Crippen molar-refractivity contribution in [2.75, 3.05) is 17.5 Å². The summed E-state index contributed by atoms with van der Waals surface area (Å²) in [6.45, 7) is 1.61. The molecule has 8 nitrogen and oxygen atoms in total. The molecule has 0 saturated heterocycles. The summed E-state index contributed by atoms with van der Waals surface area (Å²) in [5, 5.41) is 3.50.